The van der Waals surface area contributed by atoms with Crippen molar-refractivity contribution in [2.45, 2.75) is 51.3 Å². The summed E-state index contributed by atoms with van der Waals surface area (Å²) in [5, 5.41) is 4.47. The molecule has 2 heteroatoms. The SMILES string of the molecule is CSC(C)CNC1CCC(C)CC1C. The molecule has 1 saturated carbocycles. The van der Waals surface area contributed by atoms with Crippen molar-refractivity contribution in [2.24, 2.45) is 11.8 Å². The normalized spacial score (nSPS) is 35.6. The van der Waals surface area contributed by atoms with Crippen molar-refractivity contribution in [1.82, 2.24) is 5.32 Å². The van der Waals surface area contributed by atoms with Crippen molar-refractivity contribution in [3.05, 3.63) is 0 Å². The third kappa shape index (κ3) is 3.82. The van der Waals surface area contributed by atoms with Crippen LogP contribution in [0.25, 0.3) is 0 Å². The summed E-state index contributed by atoms with van der Waals surface area (Å²) in [5.74, 6) is 1.81. The quantitative estimate of drug-likeness (QED) is 0.773. The van der Waals surface area contributed by atoms with Crippen LogP contribution in [0.3, 0.4) is 0 Å². The van der Waals surface area contributed by atoms with Gasteiger partial charge in [-0.3, -0.25) is 0 Å². The Hall–Kier alpha value is 0.310. The molecule has 1 aliphatic rings. The second-order valence-electron chi connectivity index (χ2n) is 4.96. The van der Waals surface area contributed by atoms with Gasteiger partial charge in [-0.05, 0) is 37.4 Å². The average Bonchev–Trinajstić information content (AvgIpc) is 2.16. The number of nitrogens with one attached hydrogen (secondary N) is 1. The second kappa shape index (κ2) is 6.02. The molecule has 4 atom stereocenters. The van der Waals surface area contributed by atoms with E-state index in [1.54, 1.807) is 0 Å². The molecule has 0 spiro atoms. The van der Waals surface area contributed by atoms with E-state index in [9.17, 15) is 0 Å². The molecule has 0 heterocycles. The molecule has 0 amide bonds. The minimum absolute atomic E-state index is 0.751. The zero-order valence-corrected chi connectivity index (χ0v) is 10.9. The summed E-state index contributed by atoms with van der Waals surface area (Å²) >= 11 is 1.95. The van der Waals surface area contributed by atoms with Crippen molar-refractivity contribution in [2.75, 3.05) is 12.8 Å². The Balaban J connectivity index is 2.24. The van der Waals surface area contributed by atoms with Gasteiger partial charge in [-0.2, -0.15) is 11.8 Å². The number of rotatable bonds is 4. The molecule has 14 heavy (non-hydrogen) atoms. The van der Waals surface area contributed by atoms with Gasteiger partial charge in [0, 0.05) is 17.8 Å². The first-order valence-corrected chi connectivity index (χ1v) is 7.18. The lowest BCUT2D eigenvalue weighted by Gasteiger charge is -2.33. The van der Waals surface area contributed by atoms with Crippen LogP contribution in [0.1, 0.15) is 40.0 Å². The molecular formula is C12H25NS. The summed E-state index contributed by atoms with van der Waals surface area (Å²) in [6.45, 7) is 8.26. The van der Waals surface area contributed by atoms with Gasteiger partial charge in [-0.1, -0.05) is 20.8 Å². The highest BCUT2D eigenvalue weighted by Gasteiger charge is 2.24. The fourth-order valence-electron chi connectivity index (χ4n) is 2.37. The summed E-state index contributed by atoms with van der Waals surface area (Å²) < 4.78 is 0. The fourth-order valence-corrected chi connectivity index (χ4v) is 2.63. The van der Waals surface area contributed by atoms with Gasteiger partial charge in [-0.25, -0.2) is 0 Å². The summed E-state index contributed by atoms with van der Waals surface area (Å²) in [6.07, 6.45) is 6.39. The highest BCUT2D eigenvalue weighted by molar-refractivity contribution is 7.99. The molecule has 84 valence electrons. The molecule has 0 aromatic carbocycles. The average molecular weight is 215 g/mol. The van der Waals surface area contributed by atoms with Gasteiger partial charge < -0.3 is 5.32 Å². The lowest BCUT2D eigenvalue weighted by Crippen LogP contribution is -2.41. The van der Waals surface area contributed by atoms with Crippen LogP contribution in [0, 0.1) is 11.8 Å². The smallest absolute Gasteiger partial charge is 0.0141 e. The monoisotopic (exact) mass is 215 g/mol. The van der Waals surface area contributed by atoms with Gasteiger partial charge in [0.1, 0.15) is 0 Å². The Morgan fingerprint density at radius 2 is 2.07 bits per heavy atom. The Morgan fingerprint density at radius 3 is 2.64 bits per heavy atom. The van der Waals surface area contributed by atoms with Crippen molar-refractivity contribution in [3.8, 4) is 0 Å². The molecule has 0 saturated heterocycles. The molecule has 0 aromatic heterocycles. The van der Waals surface area contributed by atoms with E-state index in [0.29, 0.717) is 0 Å². The van der Waals surface area contributed by atoms with Crippen LogP contribution in [-0.4, -0.2) is 24.1 Å². The largest absolute Gasteiger partial charge is 0.313 e. The maximum Gasteiger partial charge on any atom is 0.0141 e. The lowest BCUT2D eigenvalue weighted by atomic mass is 9.80. The molecule has 0 radical (unpaired) electrons. The molecule has 1 fully saturated rings. The number of hydrogen-bond donors (Lipinski definition) is 1. The first-order valence-electron chi connectivity index (χ1n) is 5.89. The van der Waals surface area contributed by atoms with Gasteiger partial charge in [0.05, 0.1) is 0 Å². The Morgan fingerprint density at radius 1 is 1.36 bits per heavy atom. The topological polar surface area (TPSA) is 12.0 Å². The van der Waals surface area contributed by atoms with Gasteiger partial charge in [0.2, 0.25) is 0 Å². The Kier molecular flexibility index (Phi) is 5.32. The summed E-state index contributed by atoms with van der Waals surface area (Å²) in [7, 11) is 0. The number of hydrogen-bond acceptors (Lipinski definition) is 2. The molecule has 0 bridgehead atoms. The van der Waals surface area contributed by atoms with E-state index < -0.39 is 0 Å². The Bertz CT molecular complexity index is 160. The van der Waals surface area contributed by atoms with E-state index >= 15 is 0 Å². The van der Waals surface area contributed by atoms with Crippen molar-refractivity contribution >= 4 is 11.8 Å². The predicted octanol–water partition coefficient (Wildman–Crippen LogP) is 3.15. The van der Waals surface area contributed by atoms with Gasteiger partial charge in [-0.15, -0.1) is 0 Å². The maximum absolute atomic E-state index is 3.72. The highest BCUT2D eigenvalue weighted by atomic mass is 32.2. The fraction of sp³-hybridized carbons (Fsp3) is 1.00. The first kappa shape index (κ1) is 12.4. The summed E-state index contributed by atoms with van der Waals surface area (Å²) in [5.41, 5.74) is 0. The standard InChI is InChI=1S/C12H25NS/c1-9-5-6-12(10(2)7-9)13-8-11(3)14-4/h9-13H,5-8H2,1-4H3. The minimum atomic E-state index is 0.751. The van der Waals surface area contributed by atoms with Crippen LogP contribution < -0.4 is 5.32 Å². The molecule has 0 aromatic rings. The molecule has 0 aliphatic heterocycles. The van der Waals surface area contributed by atoms with Crippen LogP contribution in [0.4, 0.5) is 0 Å². The van der Waals surface area contributed by atoms with E-state index in [4.69, 9.17) is 0 Å². The van der Waals surface area contributed by atoms with Crippen molar-refractivity contribution in [1.29, 1.82) is 0 Å². The molecule has 1 aliphatic carbocycles. The van der Waals surface area contributed by atoms with Crippen LogP contribution in [0.15, 0.2) is 0 Å². The first-order chi connectivity index (χ1) is 6.63. The highest BCUT2D eigenvalue weighted by Crippen LogP contribution is 2.28. The Labute approximate surface area is 93.4 Å². The zero-order chi connectivity index (χ0) is 10.6. The lowest BCUT2D eigenvalue weighted by molar-refractivity contribution is 0.229. The molecule has 1 N–H and O–H groups in total. The van der Waals surface area contributed by atoms with E-state index in [-0.39, 0.29) is 0 Å². The zero-order valence-electron chi connectivity index (χ0n) is 10.0. The van der Waals surface area contributed by atoms with Crippen LogP contribution >= 0.6 is 11.8 Å². The third-order valence-electron chi connectivity index (χ3n) is 3.50. The van der Waals surface area contributed by atoms with Crippen LogP contribution in [-0.2, 0) is 0 Å². The van der Waals surface area contributed by atoms with E-state index in [1.165, 1.54) is 25.8 Å². The van der Waals surface area contributed by atoms with Gasteiger partial charge in [0.15, 0.2) is 0 Å². The van der Waals surface area contributed by atoms with Gasteiger partial charge in [0.25, 0.3) is 0 Å². The molecule has 4 unspecified atom stereocenters. The number of thioether (sulfide) groups is 1. The van der Waals surface area contributed by atoms with E-state index in [2.05, 4.69) is 32.3 Å². The molecular weight excluding hydrogens is 190 g/mol. The van der Waals surface area contributed by atoms with Crippen molar-refractivity contribution in [3.63, 3.8) is 0 Å². The van der Waals surface area contributed by atoms with Crippen molar-refractivity contribution < 1.29 is 0 Å². The predicted molar refractivity (Wildman–Crippen MR) is 66.9 cm³/mol. The van der Waals surface area contributed by atoms with Gasteiger partial charge >= 0.3 is 0 Å². The molecule has 1 rings (SSSR count). The second-order valence-corrected chi connectivity index (χ2v) is 6.23. The minimum Gasteiger partial charge on any atom is -0.313 e. The van der Waals surface area contributed by atoms with E-state index in [0.717, 1.165) is 23.1 Å². The van der Waals surface area contributed by atoms with Crippen LogP contribution in [0.5, 0.6) is 0 Å². The van der Waals surface area contributed by atoms with Crippen LogP contribution in [0.2, 0.25) is 0 Å². The summed E-state index contributed by atoms with van der Waals surface area (Å²) in [4.78, 5) is 0. The molecule has 1 nitrogen and oxygen atoms in total. The summed E-state index contributed by atoms with van der Waals surface area (Å²) in [6, 6.07) is 0.779. The maximum atomic E-state index is 3.72. The third-order valence-corrected chi connectivity index (χ3v) is 4.47. The van der Waals surface area contributed by atoms with E-state index in [1.807, 2.05) is 11.8 Å².